The van der Waals surface area contributed by atoms with E-state index in [2.05, 4.69) is 31.3 Å². The van der Waals surface area contributed by atoms with Crippen LogP contribution in [0.5, 0.6) is 5.75 Å². The number of methoxy groups -OCH3 is 1. The van der Waals surface area contributed by atoms with Gasteiger partial charge in [-0.2, -0.15) is 5.21 Å². The van der Waals surface area contributed by atoms with Crippen molar-refractivity contribution < 1.29 is 14.3 Å². The second kappa shape index (κ2) is 9.60. The zero-order valence-corrected chi connectivity index (χ0v) is 15.6. The van der Waals surface area contributed by atoms with Gasteiger partial charge in [-0.3, -0.25) is 14.5 Å². The molecule has 2 heterocycles. The number of aromatic amines is 1. The zero-order valence-electron chi connectivity index (χ0n) is 15.6. The Morgan fingerprint density at radius 2 is 2.29 bits per heavy atom. The molecule has 0 saturated carbocycles. The lowest BCUT2D eigenvalue weighted by molar-refractivity contribution is -0.133. The fourth-order valence-electron chi connectivity index (χ4n) is 3.00. The van der Waals surface area contributed by atoms with Crippen molar-refractivity contribution >= 4 is 17.9 Å². The van der Waals surface area contributed by atoms with E-state index in [1.54, 1.807) is 7.11 Å². The maximum atomic E-state index is 12.3. The van der Waals surface area contributed by atoms with Gasteiger partial charge in [-0.1, -0.05) is 35.6 Å². The molecule has 2 amide bonds. The molecule has 2 aromatic rings. The molecular weight excluding hydrogens is 362 g/mol. The van der Waals surface area contributed by atoms with Gasteiger partial charge < -0.3 is 15.4 Å². The lowest BCUT2D eigenvalue weighted by Crippen LogP contribution is -2.56. The van der Waals surface area contributed by atoms with E-state index in [-0.39, 0.29) is 24.8 Å². The van der Waals surface area contributed by atoms with Crippen LogP contribution < -0.4 is 15.4 Å². The summed E-state index contributed by atoms with van der Waals surface area (Å²) in [6.45, 7) is 1.94. The third kappa shape index (κ3) is 5.13. The summed E-state index contributed by atoms with van der Waals surface area (Å²) >= 11 is 0. The van der Waals surface area contributed by atoms with Crippen LogP contribution in [0.4, 0.5) is 0 Å². The molecule has 1 fully saturated rings. The second-order valence-corrected chi connectivity index (χ2v) is 6.25. The van der Waals surface area contributed by atoms with Gasteiger partial charge in [0, 0.05) is 25.2 Å². The molecule has 1 aromatic heterocycles. The fraction of sp³-hybridized carbons (Fsp3) is 0.389. The number of amides is 2. The summed E-state index contributed by atoms with van der Waals surface area (Å²) < 4.78 is 5.34. The molecule has 3 N–H and O–H groups in total. The third-order valence-electron chi connectivity index (χ3n) is 4.43. The summed E-state index contributed by atoms with van der Waals surface area (Å²) in [7, 11) is 1.63. The molecule has 1 saturated heterocycles. The van der Waals surface area contributed by atoms with Gasteiger partial charge in [0.1, 0.15) is 5.75 Å². The minimum atomic E-state index is -0.527. The average Bonchev–Trinajstić information content (AvgIpc) is 3.23. The van der Waals surface area contributed by atoms with Gasteiger partial charge in [-0.15, -0.1) is 10.2 Å². The Labute approximate surface area is 162 Å². The number of ether oxygens (including phenoxy) is 1. The topological polar surface area (TPSA) is 125 Å². The molecule has 1 atom stereocenters. The van der Waals surface area contributed by atoms with E-state index in [4.69, 9.17) is 4.74 Å². The first-order valence-corrected chi connectivity index (χ1v) is 8.97. The van der Waals surface area contributed by atoms with E-state index < -0.39 is 6.04 Å². The number of piperazine rings is 1. The quantitative estimate of drug-likeness (QED) is 0.571. The van der Waals surface area contributed by atoms with Gasteiger partial charge in [0.05, 0.1) is 26.1 Å². The van der Waals surface area contributed by atoms with Gasteiger partial charge >= 0.3 is 0 Å². The lowest BCUT2D eigenvalue weighted by Gasteiger charge is -2.33. The van der Waals surface area contributed by atoms with E-state index in [9.17, 15) is 9.59 Å². The van der Waals surface area contributed by atoms with Gasteiger partial charge in [-0.25, -0.2) is 0 Å². The Bertz CT molecular complexity index is 822. The average molecular weight is 385 g/mol. The van der Waals surface area contributed by atoms with Crippen LogP contribution in [0.3, 0.4) is 0 Å². The molecule has 3 rings (SSSR count). The molecule has 10 nitrogen and oxygen atoms in total. The van der Waals surface area contributed by atoms with Crippen LogP contribution in [0, 0.1) is 0 Å². The number of rotatable bonds is 8. The highest BCUT2D eigenvalue weighted by atomic mass is 16.5. The first-order valence-electron chi connectivity index (χ1n) is 8.97. The van der Waals surface area contributed by atoms with Crippen molar-refractivity contribution in [3.05, 3.63) is 41.7 Å². The SMILES string of the molecule is COc1ccccc1/C=C/CN1CCNC(=O)[C@@H]1CC(=O)NCc1nn[nH]n1. The minimum Gasteiger partial charge on any atom is -0.496 e. The second-order valence-electron chi connectivity index (χ2n) is 6.25. The zero-order chi connectivity index (χ0) is 19.8. The number of carbonyl (C=O) groups is 2. The number of para-hydroxylation sites is 1. The molecule has 10 heteroatoms. The Balaban J connectivity index is 1.57. The molecular formula is C18H23N7O3. The number of nitrogens with zero attached hydrogens (tertiary/aromatic N) is 4. The summed E-state index contributed by atoms with van der Waals surface area (Å²) in [6.07, 6.45) is 3.99. The van der Waals surface area contributed by atoms with Crippen LogP contribution in [-0.2, 0) is 16.1 Å². The van der Waals surface area contributed by atoms with Crippen LogP contribution in [0.2, 0.25) is 0 Å². The maximum Gasteiger partial charge on any atom is 0.237 e. The Hall–Kier alpha value is -3.27. The van der Waals surface area contributed by atoms with E-state index in [0.29, 0.717) is 25.5 Å². The predicted molar refractivity (Wildman–Crippen MR) is 101 cm³/mol. The molecule has 1 aliphatic rings. The summed E-state index contributed by atoms with van der Waals surface area (Å²) in [5, 5.41) is 18.8. The Morgan fingerprint density at radius 3 is 3.07 bits per heavy atom. The van der Waals surface area contributed by atoms with Crippen LogP contribution in [0.15, 0.2) is 30.3 Å². The summed E-state index contributed by atoms with van der Waals surface area (Å²) in [5.74, 6) is 0.780. The highest BCUT2D eigenvalue weighted by Gasteiger charge is 2.30. The van der Waals surface area contributed by atoms with Crippen LogP contribution >= 0.6 is 0 Å². The van der Waals surface area contributed by atoms with Crippen molar-refractivity contribution in [3.8, 4) is 5.75 Å². The number of tetrazole rings is 1. The molecule has 0 spiro atoms. The van der Waals surface area contributed by atoms with Crippen molar-refractivity contribution in [1.29, 1.82) is 0 Å². The van der Waals surface area contributed by atoms with Gasteiger partial charge in [0.15, 0.2) is 5.82 Å². The fourth-order valence-corrected chi connectivity index (χ4v) is 3.00. The molecule has 1 aromatic carbocycles. The third-order valence-corrected chi connectivity index (χ3v) is 4.43. The monoisotopic (exact) mass is 385 g/mol. The van der Waals surface area contributed by atoms with Crippen molar-refractivity contribution in [3.63, 3.8) is 0 Å². The van der Waals surface area contributed by atoms with Gasteiger partial charge in [0.25, 0.3) is 0 Å². The number of hydrogen-bond donors (Lipinski definition) is 3. The standard InChI is InChI=1S/C18H23N7O3/c1-28-15-7-3-2-5-13(15)6-4-9-25-10-8-19-18(27)14(25)11-17(26)20-12-16-21-23-24-22-16/h2-7,14H,8-12H2,1H3,(H,19,27)(H,20,26)(H,21,22,23,24)/b6-4+/t14-/m0/s1. The highest BCUT2D eigenvalue weighted by molar-refractivity contribution is 5.88. The molecule has 0 radical (unpaired) electrons. The molecule has 148 valence electrons. The number of aromatic nitrogens is 4. The van der Waals surface area contributed by atoms with Gasteiger partial charge in [0.2, 0.25) is 11.8 Å². The number of nitrogens with one attached hydrogen (secondary N) is 3. The first kappa shape index (κ1) is 19.5. The summed E-state index contributed by atoms with van der Waals surface area (Å²) in [6, 6.07) is 7.18. The normalized spacial score (nSPS) is 17.5. The molecule has 1 aliphatic heterocycles. The van der Waals surface area contributed by atoms with E-state index in [0.717, 1.165) is 11.3 Å². The van der Waals surface area contributed by atoms with Gasteiger partial charge in [-0.05, 0) is 6.07 Å². The number of benzene rings is 1. The Kier molecular flexibility index (Phi) is 6.68. The number of H-pyrrole nitrogens is 1. The molecule has 0 unspecified atom stereocenters. The van der Waals surface area contributed by atoms with Crippen LogP contribution in [0.25, 0.3) is 6.08 Å². The number of hydrogen-bond acceptors (Lipinski definition) is 7. The smallest absolute Gasteiger partial charge is 0.237 e. The first-order chi connectivity index (χ1) is 13.7. The Morgan fingerprint density at radius 1 is 1.43 bits per heavy atom. The van der Waals surface area contributed by atoms with Crippen LogP contribution in [-0.4, -0.2) is 70.1 Å². The summed E-state index contributed by atoms with van der Waals surface area (Å²) in [4.78, 5) is 26.5. The maximum absolute atomic E-state index is 12.3. The van der Waals surface area contributed by atoms with Crippen molar-refractivity contribution in [2.24, 2.45) is 0 Å². The van der Waals surface area contributed by atoms with Crippen molar-refractivity contribution in [2.45, 2.75) is 19.0 Å². The largest absolute Gasteiger partial charge is 0.496 e. The van der Waals surface area contributed by atoms with Crippen molar-refractivity contribution in [2.75, 3.05) is 26.7 Å². The van der Waals surface area contributed by atoms with E-state index in [1.165, 1.54) is 0 Å². The van der Waals surface area contributed by atoms with Crippen LogP contribution in [0.1, 0.15) is 17.8 Å². The molecule has 0 aliphatic carbocycles. The molecule has 28 heavy (non-hydrogen) atoms. The number of carbonyl (C=O) groups excluding carboxylic acids is 2. The summed E-state index contributed by atoms with van der Waals surface area (Å²) in [5.41, 5.74) is 0.959. The van der Waals surface area contributed by atoms with Crippen molar-refractivity contribution in [1.82, 2.24) is 36.2 Å². The van der Waals surface area contributed by atoms with E-state index >= 15 is 0 Å². The lowest BCUT2D eigenvalue weighted by atomic mass is 10.1. The predicted octanol–water partition coefficient (Wildman–Crippen LogP) is -0.272. The highest BCUT2D eigenvalue weighted by Crippen LogP contribution is 2.19. The minimum absolute atomic E-state index is 0.0617. The van der Waals surface area contributed by atoms with E-state index in [1.807, 2.05) is 41.3 Å². The molecule has 0 bridgehead atoms.